The first-order valence-corrected chi connectivity index (χ1v) is 4.10. The molecule has 0 amide bonds. The van der Waals surface area contributed by atoms with Gasteiger partial charge < -0.3 is 9.84 Å². The van der Waals surface area contributed by atoms with E-state index in [1.807, 2.05) is 0 Å². The molecule has 1 aliphatic carbocycles. The van der Waals surface area contributed by atoms with Gasteiger partial charge in [-0.25, -0.2) is 0 Å². The average Bonchev–Trinajstić information content (AvgIpc) is 2.05. The molecule has 1 aliphatic rings. The molecule has 0 radical (unpaired) electrons. The molecule has 0 bridgehead atoms. The smallest absolute Gasteiger partial charge is 0.157 e. The Bertz CT molecular complexity index is 152. The zero-order valence-corrected chi connectivity index (χ0v) is 7.21. The molecule has 2 unspecified atom stereocenters. The molecule has 0 aromatic heterocycles. The summed E-state index contributed by atoms with van der Waals surface area (Å²) < 4.78 is 4.85. The van der Waals surface area contributed by atoms with Crippen LogP contribution < -0.4 is 0 Å². The first kappa shape index (κ1) is 8.75. The van der Waals surface area contributed by atoms with Crippen LogP contribution in [0.4, 0.5) is 0 Å². The largest absolute Gasteiger partial charge is 0.368 e. The number of ether oxygens (including phenoxy) is 1. The first-order valence-electron chi connectivity index (χ1n) is 4.10. The van der Waals surface area contributed by atoms with E-state index in [0.717, 1.165) is 19.3 Å². The quantitative estimate of drug-likeness (QED) is 0.487. The van der Waals surface area contributed by atoms with Crippen LogP contribution in [0.25, 0.3) is 0 Å². The van der Waals surface area contributed by atoms with Gasteiger partial charge in [0.2, 0.25) is 0 Å². The van der Waals surface area contributed by atoms with Crippen molar-refractivity contribution in [1.29, 1.82) is 0 Å². The van der Waals surface area contributed by atoms with Gasteiger partial charge in [-0.15, -0.1) is 0 Å². The van der Waals surface area contributed by atoms with Crippen LogP contribution >= 0.6 is 0 Å². The van der Waals surface area contributed by atoms with Crippen molar-refractivity contribution >= 4 is 0 Å². The SMILES string of the molecule is COC(O)C1CC=C(C)CC1. The lowest BCUT2D eigenvalue weighted by atomic mass is 9.90. The van der Waals surface area contributed by atoms with Crippen LogP contribution in [0.15, 0.2) is 11.6 Å². The minimum atomic E-state index is -0.570. The van der Waals surface area contributed by atoms with Crippen molar-refractivity contribution in [3.05, 3.63) is 11.6 Å². The molecule has 0 heterocycles. The van der Waals surface area contributed by atoms with E-state index in [-0.39, 0.29) is 0 Å². The standard InChI is InChI=1S/C9H16O2/c1-7-3-5-8(6-4-7)9(10)11-2/h3,8-10H,4-6H2,1-2H3. The Kier molecular flexibility index (Phi) is 3.09. The van der Waals surface area contributed by atoms with Crippen LogP contribution in [-0.4, -0.2) is 18.5 Å². The van der Waals surface area contributed by atoms with Crippen molar-refractivity contribution < 1.29 is 9.84 Å². The molecule has 0 aliphatic heterocycles. The highest BCUT2D eigenvalue weighted by atomic mass is 16.6. The summed E-state index contributed by atoms with van der Waals surface area (Å²) in [6, 6.07) is 0. The van der Waals surface area contributed by atoms with Gasteiger partial charge in [-0.05, 0) is 26.2 Å². The lowest BCUT2D eigenvalue weighted by Crippen LogP contribution is -2.23. The zero-order chi connectivity index (χ0) is 8.27. The third kappa shape index (κ3) is 2.31. The minimum Gasteiger partial charge on any atom is -0.368 e. The van der Waals surface area contributed by atoms with Crippen LogP contribution in [0.5, 0.6) is 0 Å². The molecule has 2 nitrogen and oxygen atoms in total. The lowest BCUT2D eigenvalue weighted by molar-refractivity contribution is -0.114. The summed E-state index contributed by atoms with van der Waals surface area (Å²) in [6.07, 6.45) is 4.74. The lowest BCUT2D eigenvalue weighted by Gasteiger charge is -2.23. The fourth-order valence-electron chi connectivity index (χ4n) is 1.44. The van der Waals surface area contributed by atoms with Crippen LogP contribution in [0.2, 0.25) is 0 Å². The van der Waals surface area contributed by atoms with Crippen LogP contribution in [0.3, 0.4) is 0 Å². The molecule has 0 saturated heterocycles. The number of hydrogen-bond acceptors (Lipinski definition) is 2. The highest BCUT2D eigenvalue weighted by Gasteiger charge is 2.19. The van der Waals surface area contributed by atoms with Gasteiger partial charge in [0.25, 0.3) is 0 Å². The highest BCUT2D eigenvalue weighted by Crippen LogP contribution is 2.25. The van der Waals surface area contributed by atoms with E-state index < -0.39 is 6.29 Å². The van der Waals surface area contributed by atoms with E-state index in [1.165, 1.54) is 5.57 Å². The molecule has 0 saturated carbocycles. The van der Waals surface area contributed by atoms with E-state index in [0.29, 0.717) is 5.92 Å². The number of allylic oxidation sites excluding steroid dienone is 2. The maximum atomic E-state index is 9.32. The second-order valence-electron chi connectivity index (χ2n) is 3.21. The van der Waals surface area contributed by atoms with Gasteiger partial charge >= 0.3 is 0 Å². The molecule has 1 N–H and O–H groups in total. The predicted octanol–water partition coefficient (Wildman–Crippen LogP) is 1.70. The average molecular weight is 156 g/mol. The Balaban J connectivity index is 2.40. The van der Waals surface area contributed by atoms with Gasteiger partial charge in [0.05, 0.1) is 0 Å². The highest BCUT2D eigenvalue weighted by molar-refractivity contribution is 5.03. The maximum absolute atomic E-state index is 9.32. The molecular weight excluding hydrogens is 140 g/mol. The van der Waals surface area contributed by atoms with Crippen LogP contribution in [0.1, 0.15) is 26.2 Å². The van der Waals surface area contributed by atoms with Gasteiger partial charge in [-0.1, -0.05) is 11.6 Å². The molecule has 0 spiro atoms. The van der Waals surface area contributed by atoms with Crippen LogP contribution in [-0.2, 0) is 4.74 Å². The Hall–Kier alpha value is -0.340. The second-order valence-corrected chi connectivity index (χ2v) is 3.21. The Morgan fingerprint density at radius 1 is 1.73 bits per heavy atom. The molecule has 2 atom stereocenters. The Morgan fingerprint density at radius 2 is 2.45 bits per heavy atom. The topological polar surface area (TPSA) is 29.5 Å². The van der Waals surface area contributed by atoms with Gasteiger partial charge in [0.15, 0.2) is 6.29 Å². The summed E-state index contributed by atoms with van der Waals surface area (Å²) in [4.78, 5) is 0. The summed E-state index contributed by atoms with van der Waals surface area (Å²) in [6.45, 7) is 2.13. The van der Waals surface area contributed by atoms with E-state index in [1.54, 1.807) is 7.11 Å². The maximum Gasteiger partial charge on any atom is 0.157 e. The van der Waals surface area contributed by atoms with Crippen molar-refractivity contribution in [3.63, 3.8) is 0 Å². The normalized spacial score (nSPS) is 27.9. The van der Waals surface area contributed by atoms with E-state index >= 15 is 0 Å². The zero-order valence-electron chi connectivity index (χ0n) is 7.21. The molecule has 11 heavy (non-hydrogen) atoms. The monoisotopic (exact) mass is 156 g/mol. The van der Waals surface area contributed by atoms with E-state index in [2.05, 4.69) is 13.0 Å². The summed E-state index contributed by atoms with van der Waals surface area (Å²) in [5.41, 5.74) is 1.43. The molecule has 0 fully saturated rings. The number of aliphatic hydroxyl groups is 1. The number of methoxy groups -OCH3 is 1. The second kappa shape index (κ2) is 3.88. The van der Waals surface area contributed by atoms with Crippen molar-refractivity contribution in [3.8, 4) is 0 Å². The van der Waals surface area contributed by atoms with E-state index in [4.69, 9.17) is 4.74 Å². The molecule has 0 aromatic carbocycles. The predicted molar refractivity (Wildman–Crippen MR) is 44.1 cm³/mol. The Labute approximate surface area is 67.9 Å². The molecule has 1 rings (SSSR count). The van der Waals surface area contributed by atoms with E-state index in [9.17, 15) is 5.11 Å². The van der Waals surface area contributed by atoms with Gasteiger partial charge in [0.1, 0.15) is 0 Å². The minimum absolute atomic E-state index is 0.309. The molecule has 0 aromatic rings. The van der Waals surface area contributed by atoms with Crippen molar-refractivity contribution in [2.24, 2.45) is 5.92 Å². The molecule has 64 valence electrons. The van der Waals surface area contributed by atoms with Crippen molar-refractivity contribution in [2.75, 3.05) is 7.11 Å². The van der Waals surface area contributed by atoms with Crippen molar-refractivity contribution in [1.82, 2.24) is 0 Å². The summed E-state index contributed by atoms with van der Waals surface area (Å²) in [5, 5.41) is 9.32. The number of hydrogen-bond donors (Lipinski definition) is 1. The number of rotatable bonds is 2. The summed E-state index contributed by atoms with van der Waals surface area (Å²) >= 11 is 0. The Morgan fingerprint density at radius 3 is 2.91 bits per heavy atom. The molecular formula is C9H16O2. The number of aliphatic hydroxyl groups excluding tert-OH is 1. The first-order chi connectivity index (χ1) is 5.24. The summed E-state index contributed by atoms with van der Waals surface area (Å²) in [5.74, 6) is 0.309. The fraction of sp³-hybridized carbons (Fsp3) is 0.778. The summed E-state index contributed by atoms with van der Waals surface area (Å²) in [7, 11) is 1.55. The van der Waals surface area contributed by atoms with Gasteiger partial charge in [-0.3, -0.25) is 0 Å². The molecule has 2 heteroatoms. The van der Waals surface area contributed by atoms with Gasteiger partial charge in [-0.2, -0.15) is 0 Å². The van der Waals surface area contributed by atoms with Crippen LogP contribution in [0, 0.1) is 5.92 Å². The van der Waals surface area contributed by atoms with Crippen molar-refractivity contribution in [2.45, 2.75) is 32.5 Å². The third-order valence-corrected chi connectivity index (χ3v) is 2.32. The third-order valence-electron chi connectivity index (χ3n) is 2.32. The fourth-order valence-corrected chi connectivity index (χ4v) is 1.44. The van der Waals surface area contributed by atoms with Gasteiger partial charge in [0, 0.05) is 13.0 Å².